The van der Waals surface area contributed by atoms with E-state index in [1.807, 2.05) is 0 Å². The number of nitrogens with one attached hydrogen (secondary N) is 1. The van der Waals surface area contributed by atoms with Crippen molar-refractivity contribution >= 4 is 40.0 Å². The zero-order chi connectivity index (χ0) is 14.3. The van der Waals surface area contributed by atoms with E-state index in [1.54, 1.807) is 23.1 Å². The van der Waals surface area contributed by atoms with E-state index in [1.165, 1.54) is 0 Å². The van der Waals surface area contributed by atoms with Gasteiger partial charge in [0.1, 0.15) is 5.69 Å². The van der Waals surface area contributed by atoms with Gasteiger partial charge in [0.15, 0.2) is 0 Å². The van der Waals surface area contributed by atoms with Gasteiger partial charge in [0.05, 0.1) is 17.7 Å². The van der Waals surface area contributed by atoms with Crippen molar-refractivity contribution in [2.45, 2.75) is 18.9 Å². The predicted molar refractivity (Wildman–Crippen MR) is 79.5 cm³/mol. The highest BCUT2D eigenvalue weighted by Gasteiger charge is 2.31. The van der Waals surface area contributed by atoms with Crippen LogP contribution in [0.3, 0.4) is 0 Å². The Labute approximate surface area is 126 Å². The first kappa shape index (κ1) is 13.7. The number of aromatic amines is 1. The molecule has 4 nitrogen and oxygen atoms in total. The van der Waals surface area contributed by atoms with E-state index in [2.05, 4.69) is 4.98 Å². The lowest BCUT2D eigenvalue weighted by Crippen LogP contribution is -2.37. The monoisotopic (exact) mass is 312 g/mol. The molecule has 106 valence electrons. The molecule has 1 aliphatic heterocycles. The molecule has 2 heterocycles. The van der Waals surface area contributed by atoms with Crippen LogP contribution in [0.5, 0.6) is 0 Å². The van der Waals surface area contributed by atoms with Gasteiger partial charge < -0.3 is 15.0 Å². The SMILES string of the molecule is O=C(c1[nH]c2ccc(Cl)cc2c1Cl)N1CCC[C@@H]1CO. The highest BCUT2D eigenvalue weighted by Crippen LogP contribution is 2.31. The number of hydrogen-bond acceptors (Lipinski definition) is 2. The normalized spacial score (nSPS) is 18.9. The third-order valence-electron chi connectivity index (χ3n) is 3.76. The number of aliphatic hydroxyl groups excluding tert-OH is 1. The number of benzene rings is 1. The van der Waals surface area contributed by atoms with E-state index < -0.39 is 0 Å². The summed E-state index contributed by atoms with van der Waals surface area (Å²) in [5.74, 6) is -0.168. The molecular formula is C14H14Cl2N2O2. The highest BCUT2D eigenvalue weighted by atomic mass is 35.5. The molecule has 1 saturated heterocycles. The van der Waals surface area contributed by atoms with Crippen molar-refractivity contribution in [1.29, 1.82) is 0 Å². The molecule has 20 heavy (non-hydrogen) atoms. The summed E-state index contributed by atoms with van der Waals surface area (Å²) >= 11 is 12.2. The summed E-state index contributed by atoms with van der Waals surface area (Å²) in [5, 5.41) is 11.0. The van der Waals surface area contributed by atoms with Crippen molar-refractivity contribution in [3.63, 3.8) is 0 Å². The number of rotatable bonds is 2. The van der Waals surface area contributed by atoms with Gasteiger partial charge in [-0.05, 0) is 31.0 Å². The van der Waals surface area contributed by atoms with Crippen LogP contribution in [0.2, 0.25) is 10.0 Å². The Hall–Kier alpha value is -1.23. The number of carbonyl (C=O) groups is 1. The topological polar surface area (TPSA) is 56.3 Å². The van der Waals surface area contributed by atoms with Gasteiger partial charge in [0.2, 0.25) is 0 Å². The van der Waals surface area contributed by atoms with E-state index in [-0.39, 0.29) is 18.6 Å². The molecule has 2 N–H and O–H groups in total. The lowest BCUT2D eigenvalue weighted by atomic mass is 10.2. The first-order chi connectivity index (χ1) is 9.61. The van der Waals surface area contributed by atoms with Crippen molar-refractivity contribution < 1.29 is 9.90 Å². The van der Waals surface area contributed by atoms with Crippen LogP contribution >= 0.6 is 23.2 Å². The molecule has 1 fully saturated rings. The number of H-pyrrole nitrogens is 1. The number of fused-ring (bicyclic) bond motifs is 1. The molecule has 1 atom stereocenters. The van der Waals surface area contributed by atoms with Gasteiger partial charge in [0.25, 0.3) is 5.91 Å². The molecule has 0 radical (unpaired) electrons. The van der Waals surface area contributed by atoms with E-state index in [4.69, 9.17) is 23.2 Å². The number of hydrogen-bond donors (Lipinski definition) is 2. The Morgan fingerprint density at radius 2 is 2.25 bits per heavy atom. The van der Waals surface area contributed by atoms with Crippen LogP contribution in [0.15, 0.2) is 18.2 Å². The second-order valence-corrected chi connectivity index (χ2v) is 5.80. The van der Waals surface area contributed by atoms with E-state index in [9.17, 15) is 9.90 Å². The fourth-order valence-electron chi connectivity index (χ4n) is 2.72. The number of aromatic nitrogens is 1. The summed E-state index contributed by atoms with van der Waals surface area (Å²) in [6.45, 7) is 0.631. The quantitative estimate of drug-likeness (QED) is 0.895. The number of likely N-dealkylation sites (tertiary alicyclic amines) is 1. The second-order valence-electron chi connectivity index (χ2n) is 4.98. The van der Waals surface area contributed by atoms with Crippen molar-refractivity contribution in [3.05, 3.63) is 33.9 Å². The van der Waals surface area contributed by atoms with Crippen LogP contribution in [0.25, 0.3) is 10.9 Å². The maximum atomic E-state index is 12.6. The van der Waals surface area contributed by atoms with Crippen molar-refractivity contribution in [1.82, 2.24) is 9.88 Å². The third-order valence-corrected chi connectivity index (χ3v) is 4.39. The summed E-state index contributed by atoms with van der Waals surface area (Å²) in [7, 11) is 0. The van der Waals surface area contributed by atoms with Gasteiger partial charge in [-0.2, -0.15) is 0 Å². The van der Waals surface area contributed by atoms with E-state index in [0.29, 0.717) is 22.3 Å². The smallest absolute Gasteiger partial charge is 0.272 e. The number of halogens is 2. The molecule has 2 aromatic rings. The average molecular weight is 313 g/mol. The zero-order valence-electron chi connectivity index (χ0n) is 10.7. The van der Waals surface area contributed by atoms with E-state index in [0.717, 1.165) is 23.7 Å². The minimum Gasteiger partial charge on any atom is -0.394 e. The molecule has 3 rings (SSSR count). The molecule has 0 spiro atoms. The zero-order valence-corrected chi connectivity index (χ0v) is 12.2. The number of aliphatic hydroxyl groups is 1. The minimum atomic E-state index is -0.168. The fourth-order valence-corrected chi connectivity index (χ4v) is 3.17. The molecule has 0 unspecified atom stereocenters. The van der Waals surface area contributed by atoms with Crippen molar-refractivity contribution in [2.75, 3.05) is 13.2 Å². The van der Waals surface area contributed by atoms with Gasteiger partial charge in [0, 0.05) is 22.5 Å². The maximum absolute atomic E-state index is 12.6. The van der Waals surface area contributed by atoms with Gasteiger partial charge in [-0.3, -0.25) is 4.79 Å². The number of nitrogens with zero attached hydrogens (tertiary/aromatic N) is 1. The molecular weight excluding hydrogens is 299 g/mol. The van der Waals surface area contributed by atoms with Crippen LogP contribution in [0.4, 0.5) is 0 Å². The van der Waals surface area contributed by atoms with Crippen molar-refractivity contribution in [2.24, 2.45) is 0 Å². The molecule has 1 amide bonds. The molecule has 0 bridgehead atoms. The van der Waals surface area contributed by atoms with Crippen LogP contribution in [-0.2, 0) is 0 Å². The Balaban J connectivity index is 2.01. The van der Waals surface area contributed by atoms with Crippen LogP contribution < -0.4 is 0 Å². The van der Waals surface area contributed by atoms with Crippen LogP contribution in [0, 0.1) is 0 Å². The lowest BCUT2D eigenvalue weighted by molar-refractivity contribution is 0.0673. The Morgan fingerprint density at radius 3 is 3.00 bits per heavy atom. The number of amides is 1. The van der Waals surface area contributed by atoms with Gasteiger partial charge in [-0.1, -0.05) is 23.2 Å². The number of carbonyl (C=O) groups excluding carboxylic acids is 1. The molecule has 0 aliphatic carbocycles. The molecule has 1 aliphatic rings. The fraction of sp³-hybridized carbons (Fsp3) is 0.357. The van der Waals surface area contributed by atoms with Crippen LogP contribution in [-0.4, -0.2) is 40.1 Å². The first-order valence-electron chi connectivity index (χ1n) is 6.50. The molecule has 0 saturated carbocycles. The summed E-state index contributed by atoms with van der Waals surface area (Å²) < 4.78 is 0. The van der Waals surface area contributed by atoms with E-state index >= 15 is 0 Å². The Morgan fingerprint density at radius 1 is 1.45 bits per heavy atom. The standard InChI is InChI=1S/C14H14Cl2N2O2/c15-8-3-4-11-10(6-8)12(16)13(17-11)14(20)18-5-1-2-9(18)7-19/h3-4,6,9,17,19H,1-2,5,7H2/t9-/m1/s1. The summed E-state index contributed by atoms with van der Waals surface area (Å²) in [6.07, 6.45) is 1.73. The highest BCUT2D eigenvalue weighted by molar-refractivity contribution is 6.39. The van der Waals surface area contributed by atoms with Gasteiger partial charge in [-0.25, -0.2) is 0 Å². The second kappa shape index (κ2) is 5.28. The van der Waals surface area contributed by atoms with Gasteiger partial charge >= 0.3 is 0 Å². The maximum Gasteiger partial charge on any atom is 0.272 e. The largest absolute Gasteiger partial charge is 0.394 e. The minimum absolute atomic E-state index is 0.0184. The summed E-state index contributed by atoms with van der Waals surface area (Å²) in [4.78, 5) is 17.3. The molecule has 1 aromatic carbocycles. The Kier molecular flexibility index (Phi) is 3.63. The lowest BCUT2D eigenvalue weighted by Gasteiger charge is -2.22. The average Bonchev–Trinajstić information content (AvgIpc) is 3.03. The summed E-state index contributed by atoms with van der Waals surface area (Å²) in [6, 6.07) is 5.17. The third kappa shape index (κ3) is 2.18. The van der Waals surface area contributed by atoms with Crippen LogP contribution in [0.1, 0.15) is 23.3 Å². The molecule has 1 aromatic heterocycles. The molecule has 6 heteroatoms. The summed E-state index contributed by atoms with van der Waals surface area (Å²) in [5.41, 5.74) is 1.15. The van der Waals surface area contributed by atoms with Crippen molar-refractivity contribution in [3.8, 4) is 0 Å². The first-order valence-corrected chi connectivity index (χ1v) is 7.26. The van der Waals surface area contributed by atoms with Gasteiger partial charge in [-0.15, -0.1) is 0 Å². The Bertz CT molecular complexity index is 668. The predicted octanol–water partition coefficient (Wildman–Crippen LogP) is 3.07.